The van der Waals surface area contributed by atoms with Crippen LogP contribution < -0.4 is 0 Å². The van der Waals surface area contributed by atoms with Crippen molar-refractivity contribution in [3.05, 3.63) is 17.0 Å². The number of fused-ring (bicyclic) bond motifs is 1. The molecule has 2 aliphatic heterocycles. The Morgan fingerprint density at radius 3 is 2.91 bits per heavy atom. The molecular weight excluding hydrogens is 292 g/mol. The molecule has 0 spiro atoms. The molecule has 1 unspecified atom stereocenters. The van der Waals surface area contributed by atoms with E-state index in [4.69, 9.17) is 4.74 Å². The number of aryl methyl sites for hydroxylation is 1. The number of likely N-dealkylation sites (tertiary alicyclic amines) is 1. The van der Waals surface area contributed by atoms with E-state index in [-0.39, 0.29) is 11.9 Å². The van der Waals surface area contributed by atoms with Gasteiger partial charge in [-0.1, -0.05) is 0 Å². The first-order valence-electron chi connectivity index (χ1n) is 8.79. The summed E-state index contributed by atoms with van der Waals surface area (Å²) in [5, 5.41) is 4.65. The van der Waals surface area contributed by atoms with Crippen LogP contribution in [-0.2, 0) is 36.2 Å². The Balaban J connectivity index is 1.77. The van der Waals surface area contributed by atoms with Crippen LogP contribution in [-0.4, -0.2) is 57.8 Å². The number of nitrogens with zero attached hydrogens (tertiary/aromatic N) is 4. The quantitative estimate of drug-likeness (QED) is 0.821. The number of amides is 1. The minimum Gasteiger partial charge on any atom is -0.376 e. The molecule has 1 aromatic heterocycles. The van der Waals surface area contributed by atoms with Crippen LogP contribution in [0, 0.1) is 0 Å². The highest BCUT2D eigenvalue weighted by Crippen LogP contribution is 2.26. The fourth-order valence-corrected chi connectivity index (χ4v) is 3.81. The molecule has 1 amide bonds. The van der Waals surface area contributed by atoms with E-state index in [2.05, 4.69) is 23.8 Å². The van der Waals surface area contributed by atoms with Gasteiger partial charge < -0.3 is 9.64 Å². The van der Waals surface area contributed by atoms with Gasteiger partial charge in [-0.2, -0.15) is 5.10 Å². The van der Waals surface area contributed by atoms with Crippen LogP contribution in [0.3, 0.4) is 0 Å². The summed E-state index contributed by atoms with van der Waals surface area (Å²) in [5.74, 6) is 0.278. The van der Waals surface area contributed by atoms with Gasteiger partial charge in [0.25, 0.3) is 0 Å². The Morgan fingerprint density at radius 1 is 1.39 bits per heavy atom. The molecule has 6 heteroatoms. The lowest BCUT2D eigenvalue weighted by atomic mass is 10.1. The van der Waals surface area contributed by atoms with Crippen molar-refractivity contribution in [3.63, 3.8) is 0 Å². The minimum atomic E-state index is 0.0185. The summed E-state index contributed by atoms with van der Waals surface area (Å²) >= 11 is 0. The lowest BCUT2D eigenvalue weighted by Gasteiger charge is -2.29. The lowest BCUT2D eigenvalue weighted by Crippen LogP contribution is -2.45. The van der Waals surface area contributed by atoms with Gasteiger partial charge in [-0.05, 0) is 33.2 Å². The van der Waals surface area contributed by atoms with E-state index in [0.717, 1.165) is 52.0 Å². The smallest absolute Gasteiger partial charge is 0.239 e. The van der Waals surface area contributed by atoms with Crippen LogP contribution in [0.1, 0.15) is 43.6 Å². The van der Waals surface area contributed by atoms with Gasteiger partial charge in [0.1, 0.15) is 0 Å². The Labute approximate surface area is 138 Å². The van der Waals surface area contributed by atoms with E-state index in [1.54, 1.807) is 0 Å². The van der Waals surface area contributed by atoms with E-state index >= 15 is 0 Å². The average Bonchev–Trinajstić information content (AvgIpc) is 3.14. The maximum absolute atomic E-state index is 12.8. The van der Waals surface area contributed by atoms with E-state index in [9.17, 15) is 4.79 Å². The summed E-state index contributed by atoms with van der Waals surface area (Å²) in [4.78, 5) is 17.0. The van der Waals surface area contributed by atoms with Crippen LogP contribution in [0.25, 0.3) is 0 Å². The third kappa shape index (κ3) is 3.15. The van der Waals surface area contributed by atoms with Crippen LogP contribution in [0.2, 0.25) is 0 Å². The second-order valence-corrected chi connectivity index (χ2v) is 6.44. The van der Waals surface area contributed by atoms with Gasteiger partial charge in [0.05, 0.1) is 30.6 Å². The van der Waals surface area contributed by atoms with Crippen LogP contribution in [0.15, 0.2) is 0 Å². The highest BCUT2D eigenvalue weighted by Gasteiger charge is 2.34. The fraction of sp³-hybridized carbons (Fsp3) is 0.765. The number of carbonyl (C=O) groups excluding carboxylic acids is 1. The molecule has 1 aromatic rings. The summed E-state index contributed by atoms with van der Waals surface area (Å²) < 4.78 is 7.60. The fourth-order valence-electron chi connectivity index (χ4n) is 3.81. The zero-order valence-corrected chi connectivity index (χ0v) is 14.5. The first-order valence-corrected chi connectivity index (χ1v) is 8.79. The van der Waals surface area contributed by atoms with E-state index < -0.39 is 0 Å². The topological polar surface area (TPSA) is 50.6 Å². The molecule has 3 heterocycles. The molecule has 3 rings (SSSR count). The molecule has 0 N–H and O–H groups in total. The number of hydrogen-bond acceptors (Lipinski definition) is 4. The number of aromatic nitrogens is 2. The highest BCUT2D eigenvalue weighted by molar-refractivity contribution is 5.82. The largest absolute Gasteiger partial charge is 0.376 e. The Morgan fingerprint density at radius 2 is 2.17 bits per heavy atom. The predicted molar refractivity (Wildman–Crippen MR) is 87.9 cm³/mol. The van der Waals surface area contributed by atoms with Crippen molar-refractivity contribution in [2.75, 3.05) is 26.2 Å². The second kappa shape index (κ2) is 7.01. The van der Waals surface area contributed by atoms with Gasteiger partial charge in [0, 0.05) is 38.7 Å². The van der Waals surface area contributed by atoms with Crippen molar-refractivity contribution >= 4 is 5.91 Å². The zero-order valence-electron chi connectivity index (χ0n) is 14.5. The SMILES string of the molecule is CCN(CC)C(=O)C1CCCN1Cc1c2c(nn1C)CCOC2. The average molecular weight is 320 g/mol. The predicted octanol–water partition coefficient (Wildman–Crippen LogP) is 1.33. The number of ether oxygens (including phenoxy) is 1. The van der Waals surface area contributed by atoms with Gasteiger partial charge in [0.2, 0.25) is 5.91 Å². The molecule has 1 fully saturated rings. The van der Waals surface area contributed by atoms with E-state index in [0.29, 0.717) is 6.61 Å². The number of rotatable bonds is 5. The van der Waals surface area contributed by atoms with Crippen molar-refractivity contribution in [2.45, 2.75) is 52.3 Å². The van der Waals surface area contributed by atoms with Crippen molar-refractivity contribution in [1.82, 2.24) is 19.6 Å². The minimum absolute atomic E-state index is 0.0185. The normalized spacial score (nSPS) is 21.4. The van der Waals surface area contributed by atoms with E-state index in [1.807, 2.05) is 16.6 Å². The third-order valence-corrected chi connectivity index (χ3v) is 5.16. The van der Waals surface area contributed by atoms with Gasteiger partial charge >= 0.3 is 0 Å². The van der Waals surface area contributed by atoms with Crippen molar-refractivity contribution in [1.29, 1.82) is 0 Å². The monoisotopic (exact) mass is 320 g/mol. The van der Waals surface area contributed by atoms with Crippen LogP contribution in [0.4, 0.5) is 0 Å². The van der Waals surface area contributed by atoms with Gasteiger partial charge in [-0.3, -0.25) is 14.4 Å². The van der Waals surface area contributed by atoms with Gasteiger partial charge in [-0.15, -0.1) is 0 Å². The number of carbonyl (C=O) groups is 1. The summed E-state index contributed by atoms with van der Waals surface area (Å²) in [6.07, 6.45) is 2.95. The molecule has 23 heavy (non-hydrogen) atoms. The second-order valence-electron chi connectivity index (χ2n) is 6.44. The molecule has 1 saturated heterocycles. The molecule has 0 aromatic carbocycles. The summed E-state index contributed by atoms with van der Waals surface area (Å²) in [7, 11) is 2.00. The van der Waals surface area contributed by atoms with Crippen molar-refractivity contribution in [2.24, 2.45) is 7.05 Å². The van der Waals surface area contributed by atoms with Crippen LogP contribution >= 0.6 is 0 Å². The number of hydrogen-bond donors (Lipinski definition) is 0. The van der Waals surface area contributed by atoms with Gasteiger partial charge in [-0.25, -0.2) is 0 Å². The molecule has 0 aliphatic carbocycles. The molecule has 0 radical (unpaired) electrons. The molecule has 2 aliphatic rings. The van der Waals surface area contributed by atoms with Gasteiger partial charge in [0.15, 0.2) is 0 Å². The molecule has 1 atom stereocenters. The first kappa shape index (κ1) is 16.5. The maximum Gasteiger partial charge on any atom is 0.239 e. The Kier molecular flexibility index (Phi) is 5.02. The first-order chi connectivity index (χ1) is 11.2. The van der Waals surface area contributed by atoms with Crippen molar-refractivity contribution < 1.29 is 9.53 Å². The molecule has 0 saturated carbocycles. The Hall–Kier alpha value is -1.40. The molecular formula is C17H28N4O2. The highest BCUT2D eigenvalue weighted by atomic mass is 16.5. The molecule has 128 valence electrons. The zero-order chi connectivity index (χ0) is 16.4. The summed E-state index contributed by atoms with van der Waals surface area (Å²) in [6.45, 7) is 8.86. The third-order valence-electron chi connectivity index (χ3n) is 5.16. The maximum atomic E-state index is 12.8. The summed E-state index contributed by atoms with van der Waals surface area (Å²) in [5.41, 5.74) is 3.61. The number of likely N-dealkylation sites (N-methyl/N-ethyl adjacent to an activating group) is 1. The van der Waals surface area contributed by atoms with Crippen LogP contribution in [0.5, 0.6) is 0 Å². The van der Waals surface area contributed by atoms with Crippen molar-refractivity contribution in [3.8, 4) is 0 Å². The molecule has 0 bridgehead atoms. The standard InChI is InChI=1S/C17H28N4O2/c1-4-20(5-2)17(22)15-7-6-9-21(15)11-16-13-12-23-10-8-14(13)18-19(16)3/h15H,4-12H2,1-3H3. The summed E-state index contributed by atoms with van der Waals surface area (Å²) in [6, 6.07) is 0.0185. The lowest BCUT2D eigenvalue weighted by molar-refractivity contribution is -0.135. The Bertz CT molecular complexity index is 565. The van der Waals surface area contributed by atoms with E-state index in [1.165, 1.54) is 17.0 Å². The molecule has 6 nitrogen and oxygen atoms in total.